The number of carbonyl (C=O) groups is 2. The molecular formula is C38H72NO8P. The van der Waals surface area contributed by atoms with E-state index in [0.717, 1.165) is 57.8 Å². The highest BCUT2D eigenvalue weighted by Crippen LogP contribution is 2.43. The number of esters is 2. The van der Waals surface area contributed by atoms with Crippen LogP contribution < -0.4 is 5.73 Å². The van der Waals surface area contributed by atoms with Crippen molar-refractivity contribution in [3.05, 3.63) is 24.3 Å². The molecule has 2 atom stereocenters. The molecule has 0 aliphatic carbocycles. The zero-order valence-electron chi connectivity index (χ0n) is 30.7. The van der Waals surface area contributed by atoms with E-state index >= 15 is 0 Å². The van der Waals surface area contributed by atoms with Crippen LogP contribution >= 0.6 is 7.82 Å². The van der Waals surface area contributed by atoms with E-state index in [1.54, 1.807) is 0 Å². The first-order valence-corrected chi connectivity index (χ1v) is 20.8. The number of carbonyl (C=O) groups excluding carboxylic acids is 2. The number of ether oxygens (including phenoxy) is 2. The van der Waals surface area contributed by atoms with Gasteiger partial charge in [-0.05, 0) is 38.5 Å². The number of rotatable bonds is 36. The van der Waals surface area contributed by atoms with Crippen molar-refractivity contribution in [3.8, 4) is 0 Å². The third-order valence-corrected chi connectivity index (χ3v) is 9.10. The predicted octanol–water partition coefficient (Wildman–Crippen LogP) is 10.4. The third kappa shape index (κ3) is 34.4. The second-order valence-electron chi connectivity index (χ2n) is 12.8. The second-order valence-corrected chi connectivity index (χ2v) is 14.3. The van der Waals surface area contributed by atoms with Gasteiger partial charge in [0.1, 0.15) is 6.61 Å². The zero-order chi connectivity index (χ0) is 35.4. The van der Waals surface area contributed by atoms with E-state index in [-0.39, 0.29) is 38.6 Å². The van der Waals surface area contributed by atoms with E-state index < -0.39 is 26.5 Å². The Labute approximate surface area is 293 Å². The molecule has 0 aliphatic heterocycles. The Morgan fingerprint density at radius 3 is 1.56 bits per heavy atom. The van der Waals surface area contributed by atoms with Crippen LogP contribution in [0.15, 0.2) is 24.3 Å². The highest BCUT2D eigenvalue weighted by molar-refractivity contribution is 7.47. The summed E-state index contributed by atoms with van der Waals surface area (Å²) in [5.74, 6) is -0.844. The van der Waals surface area contributed by atoms with E-state index in [9.17, 15) is 19.0 Å². The first-order valence-electron chi connectivity index (χ1n) is 19.3. The topological polar surface area (TPSA) is 134 Å². The van der Waals surface area contributed by atoms with Crippen molar-refractivity contribution in [2.75, 3.05) is 26.4 Å². The summed E-state index contributed by atoms with van der Waals surface area (Å²) in [6.45, 7) is 3.68. The maximum absolute atomic E-state index is 12.5. The molecule has 3 N–H and O–H groups in total. The van der Waals surface area contributed by atoms with Crippen LogP contribution in [0, 0.1) is 0 Å². The Kier molecular flexibility index (Phi) is 34.2. The Morgan fingerprint density at radius 1 is 0.625 bits per heavy atom. The number of allylic oxidation sites excluding steroid dienone is 4. The molecule has 0 radical (unpaired) electrons. The van der Waals surface area contributed by atoms with Crippen molar-refractivity contribution in [1.29, 1.82) is 0 Å². The van der Waals surface area contributed by atoms with E-state index in [4.69, 9.17) is 24.3 Å². The molecule has 0 bridgehead atoms. The summed E-state index contributed by atoms with van der Waals surface area (Å²) in [6, 6.07) is 0. The molecule has 0 aromatic carbocycles. The molecule has 9 nitrogen and oxygen atoms in total. The largest absolute Gasteiger partial charge is 0.472 e. The molecular weight excluding hydrogens is 629 g/mol. The first kappa shape index (κ1) is 46.5. The lowest BCUT2D eigenvalue weighted by molar-refractivity contribution is -0.161. The number of phosphoric ester groups is 1. The van der Waals surface area contributed by atoms with Crippen LogP contribution in [0.4, 0.5) is 0 Å². The van der Waals surface area contributed by atoms with Gasteiger partial charge in [0.2, 0.25) is 0 Å². The average Bonchev–Trinajstić information content (AvgIpc) is 3.07. The van der Waals surface area contributed by atoms with Gasteiger partial charge in [0.05, 0.1) is 13.2 Å². The number of hydrogen-bond donors (Lipinski definition) is 2. The van der Waals surface area contributed by atoms with Crippen LogP contribution in [-0.4, -0.2) is 49.3 Å². The summed E-state index contributed by atoms with van der Waals surface area (Å²) in [5.41, 5.74) is 5.33. The lowest BCUT2D eigenvalue weighted by atomic mass is 10.0. The minimum atomic E-state index is -4.37. The summed E-state index contributed by atoms with van der Waals surface area (Å²) in [7, 11) is -4.37. The molecule has 0 aromatic heterocycles. The maximum Gasteiger partial charge on any atom is 0.472 e. The van der Waals surface area contributed by atoms with E-state index in [1.807, 2.05) is 0 Å². The fraction of sp³-hybridized carbons (Fsp3) is 0.842. The fourth-order valence-corrected chi connectivity index (χ4v) is 5.98. The van der Waals surface area contributed by atoms with Gasteiger partial charge in [-0.1, -0.05) is 147 Å². The lowest BCUT2D eigenvalue weighted by Gasteiger charge is -2.19. The average molecular weight is 702 g/mol. The number of hydrogen-bond acceptors (Lipinski definition) is 8. The zero-order valence-corrected chi connectivity index (χ0v) is 31.6. The van der Waals surface area contributed by atoms with Gasteiger partial charge < -0.3 is 20.1 Å². The Morgan fingerprint density at radius 2 is 1.06 bits per heavy atom. The molecule has 0 rings (SSSR count). The van der Waals surface area contributed by atoms with Gasteiger partial charge in [0.25, 0.3) is 0 Å². The van der Waals surface area contributed by atoms with Crippen molar-refractivity contribution in [3.63, 3.8) is 0 Å². The molecule has 0 amide bonds. The number of phosphoric acid groups is 1. The normalized spacial score (nSPS) is 13.7. The van der Waals surface area contributed by atoms with Crippen molar-refractivity contribution in [2.24, 2.45) is 5.73 Å². The lowest BCUT2D eigenvalue weighted by Crippen LogP contribution is -2.29. The summed E-state index contributed by atoms with van der Waals surface area (Å²) < 4.78 is 32.6. The van der Waals surface area contributed by atoms with Gasteiger partial charge in [-0.3, -0.25) is 18.6 Å². The van der Waals surface area contributed by atoms with Crippen LogP contribution in [0.1, 0.15) is 174 Å². The van der Waals surface area contributed by atoms with Gasteiger partial charge in [-0.15, -0.1) is 0 Å². The SMILES string of the molecule is CCCCCC/C=C/C=C/CCCCCCCC(=O)O[C@H](COC(=O)CCCCCCCCCCCCCC)COP(=O)(O)OCCN. The van der Waals surface area contributed by atoms with Gasteiger partial charge in [-0.25, -0.2) is 4.57 Å². The molecule has 282 valence electrons. The Hall–Kier alpha value is -1.51. The molecule has 48 heavy (non-hydrogen) atoms. The maximum atomic E-state index is 12.5. The van der Waals surface area contributed by atoms with Crippen LogP contribution in [0.25, 0.3) is 0 Å². The van der Waals surface area contributed by atoms with Gasteiger partial charge in [0, 0.05) is 19.4 Å². The molecule has 0 saturated carbocycles. The smallest absolute Gasteiger partial charge is 0.462 e. The minimum Gasteiger partial charge on any atom is -0.462 e. The predicted molar refractivity (Wildman–Crippen MR) is 197 cm³/mol. The molecule has 0 aliphatic rings. The highest BCUT2D eigenvalue weighted by Gasteiger charge is 2.25. The van der Waals surface area contributed by atoms with Crippen LogP contribution in [-0.2, 0) is 32.7 Å². The molecule has 1 unspecified atom stereocenters. The quantitative estimate of drug-likeness (QED) is 0.0283. The Balaban J connectivity index is 4.24. The van der Waals surface area contributed by atoms with Crippen LogP contribution in [0.3, 0.4) is 0 Å². The Bertz CT molecular complexity index is 851. The van der Waals surface area contributed by atoms with E-state index in [0.29, 0.717) is 6.42 Å². The monoisotopic (exact) mass is 701 g/mol. The highest BCUT2D eigenvalue weighted by atomic mass is 31.2. The second kappa shape index (κ2) is 35.3. The minimum absolute atomic E-state index is 0.0519. The third-order valence-electron chi connectivity index (χ3n) is 8.12. The molecule has 0 fully saturated rings. The first-order chi connectivity index (χ1) is 23.3. The summed E-state index contributed by atoms with van der Waals surface area (Å²) in [4.78, 5) is 34.7. The fourth-order valence-electron chi connectivity index (χ4n) is 5.21. The molecule has 0 aromatic rings. The van der Waals surface area contributed by atoms with Crippen LogP contribution in [0.2, 0.25) is 0 Å². The number of unbranched alkanes of at least 4 members (excludes halogenated alkanes) is 20. The molecule has 10 heteroatoms. The van der Waals surface area contributed by atoms with Crippen molar-refractivity contribution in [2.45, 2.75) is 180 Å². The van der Waals surface area contributed by atoms with Gasteiger partial charge in [0.15, 0.2) is 6.10 Å². The molecule has 0 saturated heterocycles. The summed E-state index contributed by atoms with van der Waals surface area (Å²) in [5, 5.41) is 0. The van der Waals surface area contributed by atoms with Gasteiger partial charge in [-0.2, -0.15) is 0 Å². The van der Waals surface area contributed by atoms with Crippen molar-refractivity contribution < 1.29 is 37.6 Å². The summed E-state index contributed by atoms with van der Waals surface area (Å²) >= 11 is 0. The van der Waals surface area contributed by atoms with E-state index in [1.165, 1.54) is 83.5 Å². The summed E-state index contributed by atoms with van der Waals surface area (Å²) in [6.07, 6.45) is 34.9. The molecule has 0 heterocycles. The van der Waals surface area contributed by atoms with E-state index in [2.05, 4.69) is 38.2 Å². The van der Waals surface area contributed by atoms with Gasteiger partial charge >= 0.3 is 19.8 Å². The van der Waals surface area contributed by atoms with Crippen LogP contribution in [0.5, 0.6) is 0 Å². The number of nitrogens with two attached hydrogens (primary N) is 1. The van der Waals surface area contributed by atoms with Crippen molar-refractivity contribution in [1.82, 2.24) is 0 Å². The molecule has 0 spiro atoms. The van der Waals surface area contributed by atoms with Crippen molar-refractivity contribution >= 4 is 19.8 Å². The standard InChI is InChI=1S/C38H72NO8P/c1-3-5-7-9-11-13-15-17-18-19-21-23-25-27-29-31-38(41)47-36(35-46-48(42,43)45-33-32-39)34-44-37(40)30-28-26-24-22-20-16-14-12-10-8-6-4-2/h13,15,17-18,36H,3-12,14,16,19-35,39H2,1-2H3,(H,42,43)/b15-13+,18-17+/t36-/m1/s1.